The van der Waals surface area contributed by atoms with E-state index in [9.17, 15) is 0 Å². The van der Waals surface area contributed by atoms with Gasteiger partial charge in [0.25, 0.3) is 0 Å². The van der Waals surface area contributed by atoms with E-state index in [0.717, 1.165) is 5.56 Å². The van der Waals surface area contributed by atoms with Gasteiger partial charge in [0.2, 0.25) is 0 Å². The summed E-state index contributed by atoms with van der Waals surface area (Å²) in [5.41, 5.74) is 0.769. The first-order valence-electron chi connectivity index (χ1n) is 3.02. The third-order valence-electron chi connectivity index (χ3n) is 1.30. The molecule has 0 saturated heterocycles. The number of rotatable bonds is 2. The lowest BCUT2D eigenvalue weighted by molar-refractivity contribution is 0.274. The van der Waals surface area contributed by atoms with Crippen LogP contribution in [0.15, 0.2) is 18.2 Å². The highest BCUT2D eigenvalue weighted by Gasteiger charge is 1.96. The Balaban J connectivity index is 2.96. The summed E-state index contributed by atoms with van der Waals surface area (Å²) in [5.74, 6) is 0.709. The predicted octanol–water partition coefficient (Wildman–Crippen LogP) is 0.988. The molecule has 1 aromatic rings. The normalized spacial score (nSPS) is 9.40. The summed E-state index contributed by atoms with van der Waals surface area (Å²) in [4.78, 5) is 0. The fourth-order valence-electron chi connectivity index (χ4n) is 0.773. The number of methoxy groups -OCH3 is 1. The molecule has 0 fully saturated rings. The highest BCUT2D eigenvalue weighted by atomic mass is 16.5. The molecule has 0 aromatic heterocycles. The SMILES string of the molecule is COc1cc[c]cc1CO. The van der Waals surface area contributed by atoms with Crippen LogP contribution in [-0.4, -0.2) is 12.2 Å². The topological polar surface area (TPSA) is 29.5 Å². The average molecular weight is 137 g/mol. The van der Waals surface area contributed by atoms with Crippen LogP contribution in [0.4, 0.5) is 0 Å². The molecule has 1 N–H and O–H groups in total. The molecule has 2 nitrogen and oxygen atoms in total. The van der Waals surface area contributed by atoms with E-state index >= 15 is 0 Å². The first-order chi connectivity index (χ1) is 4.88. The Morgan fingerprint density at radius 1 is 1.70 bits per heavy atom. The van der Waals surface area contributed by atoms with Crippen LogP contribution in [0.3, 0.4) is 0 Å². The van der Waals surface area contributed by atoms with Crippen molar-refractivity contribution in [2.24, 2.45) is 0 Å². The Bertz CT molecular complexity index is 185. The first kappa shape index (κ1) is 7.09. The molecular formula is C8H9O2. The molecule has 0 unspecified atom stereocenters. The minimum atomic E-state index is 0.000509. The van der Waals surface area contributed by atoms with Crippen molar-refractivity contribution in [2.75, 3.05) is 7.11 Å². The van der Waals surface area contributed by atoms with Gasteiger partial charge in [-0.2, -0.15) is 0 Å². The second kappa shape index (κ2) is 3.22. The second-order valence-corrected chi connectivity index (χ2v) is 1.90. The number of hydrogen-bond acceptors (Lipinski definition) is 2. The van der Waals surface area contributed by atoms with Crippen LogP contribution in [0.5, 0.6) is 5.75 Å². The maximum Gasteiger partial charge on any atom is 0.124 e. The molecule has 1 rings (SSSR count). The van der Waals surface area contributed by atoms with Crippen molar-refractivity contribution < 1.29 is 9.84 Å². The molecule has 0 spiro atoms. The lowest BCUT2D eigenvalue weighted by Gasteiger charge is -2.03. The van der Waals surface area contributed by atoms with Gasteiger partial charge < -0.3 is 9.84 Å². The van der Waals surface area contributed by atoms with E-state index in [1.807, 2.05) is 0 Å². The molecule has 1 aromatic carbocycles. The number of aliphatic hydroxyl groups is 1. The average Bonchev–Trinajstić information content (AvgIpc) is 2.04. The van der Waals surface area contributed by atoms with Gasteiger partial charge in [0, 0.05) is 5.56 Å². The molecule has 0 aliphatic carbocycles. The van der Waals surface area contributed by atoms with Crippen LogP contribution >= 0.6 is 0 Å². The van der Waals surface area contributed by atoms with Gasteiger partial charge in [-0.05, 0) is 18.2 Å². The van der Waals surface area contributed by atoms with Gasteiger partial charge in [0.15, 0.2) is 0 Å². The molecule has 0 saturated carbocycles. The van der Waals surface area contributed by atoms with Crippen LogP contribution in [0.25, 0.3) is 0 Å². The molecule has 0 atom stereocenters. The van der Waals surface area contributed by atoms with Gasteiger partial charge in [-0.25, -0.2) is 0 Å². The fourth-order valence-corrected chi connectivity index (χ4v) is 0.773. The van der Waals surface area contributed by atoms with E-state index in [4.69, 9.17) is 9.84 Å². The maximum absolute atomic E-state index is 8.75. The van der Waals surface area contributed by atoms with Crippen LogP contribution in [0.1, 0.15) is 5.56 Å². The summed E-state index contributed by atoms with van der Waals surface area (Å²) in [6.45, 7) is 0.000509. The summed E-state index contributed by atoms with van der Waals surface area (Å²) >= 11 is 0. The predicted molar refractivity (Wildman–Crippen MR) is 37.8 cm³/mol. The molecule has 53 valence electrons. The summed E-state index contributed by atoms with van der Waals surface area (Å²) < 4.78 is 4.96. The van der Waals surface area contributed by atoms with Crippen molar-refractivity contribution in [1.82, 2.24) is 0 Å². The Morgan fingerprint density at radius 3 is 3.00 bits per heavy atom. The van der Waals surface area contributed by atoms with Crippen LogP contribution in [0.2, 0.25) is 0 Å². The van der Waals surface area contributed by atoms with Gasteiger partial charge in [-0.1, -0.05) is 6.07 Å². The molecule has 1 radical (unpaired) electrons. The molecular weight excluding hydrogens is 128 g/mol. The van der Waals surface area contributed by atoms with Crippen molar-refractivity contribution in [2.45, 2.75) is 6.61 Å². The van der Waals surface area contributed by atoms with Crippen LogP contribution < -0.4 is 4.74 Å². The maximum atomic E-state index is 8.75. The van der Waals surface area contributed by atoms with Crippen molar-refractivity contribution >= 4 is 0 Å². The van der Waals surface area contributed by atoms with Crippen LogP contribution in [-0.2, 0) is 6.61 Å². The number of benzene rings is 1. The Morgan fingerprint density at radius 2 is 2.50 bits per heavy atom. The number of aliphatic hydroxyl groups excluding tert-OH is 1. The Kier molecular flexibility index (Phi) is 2.29. The summed E-state index contributed by atoms with van der Waals surface area (Å²) in [5, 5.41) is 8.75. The minimum absolute atomic E-state index is 0.000509. The fraction of sp³-hybridized carbons (Fsp3) is 0.250. The van der Waals surface area contributed by atoms with E-state index in [1.54, 1.807) is 25.3 Å². The monoisotopic (exact) mass is 137 g/mol. The van der Waals surface area contributed by atoms with E-state index in [0.29, 0.717) is 5.75 Å². The highest BCUT2D eigenvalue weighted by molar-refractivity contribution is 5.31. The van der Waals surface area contributed by atoms with E-state index in [-0.39, 0.29) is 6.61 Å². The molecule has 0 aliphatic rings. The quantitative estimate of drug-likeness (QED) is 0.658. The van der Waals surface area contributed by atoms with Crippen molar-refractivity contribution in [1.29, 1.82) is 0 Å². The van der Waals surface area contributed by atoms with Gasteiger partial charge in [-0.3, -0.25) is 0 Å². The Hall–Kier alpha value is -1.02. The molecule has 0 aliphatic heterocycles. The first-order valence-corrected chi connectivity index (χ1v) is 3.02. The van der Waals surface area contributed by atoms with Gasteiger partial charge in [0.1, 0.15) is 5.75 Å². The van der Waals surface area contributed by atoms with Crippen molar-refractivity contribution in [3.05, 3.63) is 29.8 Å². The second-order valence-electron chi connectivity index (χ2n) is 1.90. The summed E-state index contributed by atoms with van der Waals surface area (Å²) in [7, 11) is 1.58. The highest BCUT2D eigenvalue weighted by Crippen LogP contribution is 2.15. The minimum Gasteiger partial charge on any atom is -0.496 e. The lowest BCUT2D eigenvalue weighted by atomic mass is 10.2. The summed E-state index contributed by atoms with van der Waals surface area (Å²) in [6, 6.07) is 8.07. The third-order valence-corrected chi connectivity index (χ3v) is 1.30. The van der Waals surface area contributed by atoms with Crippen LogP contribution in [0, 0.1) is 6.07 Å². The molecule has 2 heteroatoms. The van der Waals surface area contributed by atoms with E-state index in [1.165, 1.54) is 0 Å². The number of hydrogen-bond donors (Lipinski definition) is 1. The van der Waals surface area contributed by atoms with E-state index < -0.39 is 0 Å². The molecule has 0 heterocycles. The smallest absolute Gasteiger partial charge is 0.124 e. The molecule has 0 amide bonds. The standard InChI is InChI=1S/C8H9O2/c1-10-8-5-3-2-4-7(8)6-9/h3-5,9H,6H2,1H3. The zero-order valence-electron chi connectivity index (χ0n) is 5.79. The molecule has 0 bridgehead atoms. The van der Waals surface area contributed by atoms with Gasteiger partial charge in [0.05, 0.1) is 13.7 Å². The van der Waals surface area contributed by atoms with Gasteiger partial charge >= 0.3 is 0 Å². The zero-order chi connectivity index (χ0) is 7.40. The Labute approximate surface area is 60.1 Å². The zero-order valence-corrected chi connectivity index (χ0v) is 5.79. The third kappa shape index (κ3) is 1.28. The van der Waals surface area contributed by atoms with Crippen molar-refractivity contribution in [3.8, 4) is 5.75 Å². The lowest BCUT2D eigenvalue weighted by Crippen LogP contribution is -1.90. The van der Waals surface area contributed by atoms with Gasteiger partial charge in [-0.15, -0.1) is 0 Å². The molecule has 10 heavy (non-hydrogen) atoms. The van der Waals surface area contributed by atoms with Crippen molar-refractivity contribution in [3.63, 3.8) is 0 Å². The largest absolute Gasteiger partial charge is 0.496 e. The number of ether oxygens (including phenoxy) is 1. The van der Waals surface area contributed by atoms with E-state index in [2.05, 4.69) is 6.07 Å². The summed E-state index contributed by atoms with van der Waals surface area (Å²) in [6.07, 6.45) is 0.